The number of likely N-dealkylation sites (tertiary alicyclic amines) is 1. The molecule has 1 amide bonds. The van der Waals surface area contributed by atoms with E-state index < -0.39 is 0 Å². The van der Waals surface area contributed by atoms with Gasteiger partial charge in [-0.2, -0.15) is 5.26 Å². The van der Waals surface area contributed by atoms with Gasteiger partial charge in [-0.15, -0.1) is 0 Å². The third-order valence-electron chi connectivity index (χ3n) is 7.20. The largest absolute Gasteiger partial charge is 0.428 e. The van der Waals surface area contributed by atoms with E-state index in [4.69, 9.17) is 9.26 Å². The molecule has 1 aliphatic heterocycles. The molecule has 2 aromatic carbocycles. The van der Waals surface area contributed by atoms with Crippen LogP contribution in [0.1, 0.15) is 48.3 Å². The number of hydrogen-bond donors (Lipinski definition) is 0. The molecule has 5 rings (SSSR count). The molecule has 1 aliphatic carbocycles. The SMILES string of the molecule is Cc1ccc(-c2c(C)noc2C)cc1N(COC(=O)N1CCCC1)c1ccc(C2(C#N)CC2)cc1. The first kappa shape index (κ1) is 23.0. The fourth-order valence-corrected chi connectivity index (χ4v) is 4.90. The Morgan fingerprint density at radius 1 is 1.14 bits per heavy atom. The summed E-state index contributed by atoms with van der Waals surface area (Å²) < 4.78 is 11.2. The number of benzene rings is 2. The van der Waals surface area contributed by atoms with Crippen LogP contribution < -0.4 is 4.90 Å². The van der Waals surface area contributed by atoms with Crippen LogP contribution in [0, 0.1) is 32.1 Å². The Morgan fingerprint density at radius 2 is 1.86 bits per heavy atom. The van der Waals surface area contributed by atoms with Crippen molar-refractivity contribution in [1.29, 1.82) is 5.26 Å². The molecule has 2 heterocycles. The average Bonchev–Trinajstić information content (AvgIpc) is 3.32. The molecule has 1 saturated carbocycles. The van der Waals surface area contributed by atoms with Crippen LogP contribution in [-0.2, 0) is 10.2 Å². The second-order valence-corrected chi connectivity index (χ2v) is 9.60. The first-order chi connectivity index (χ1) is 16.9. The molecule has 0 bridgehead atoms. The fraction of sp³-hybridized carbons (Fsp3) is 0.393. The first-order valence-electron chi connectivity index (χ1n) is 12.2. The molecule has 7 nitrogen and oxygen atoms in total. The van der Waals surface area contributed by atoms with Gasteiger partial charge < -0.3 is 19.1 Å². The monoisotopic (exact) mass is 470 g/mol. The van der Waals surface area contributed by atoms with Gasteiger partial charge in [-0.05, 0) is 81.3 Å². The minimum Gasteiger partial charge on any atom is -0.428 e. The predicted molar refractivity (Wildman–Crippen MR) is 133 cm³/mol. The fourth-order valence-electron chi connectivity index (χ4n) is 4.90. The highest BCUT2D eigenvalue weighted by Gasteiger charge is 2.44. The Balaban J connectivity index is 1.50. The van der Waals surface area contributed by atoms with Crippen molar-refractivity contribution in [2.75, 3.05) is 24.7 Å². The van der Waals surface area contributed by atoms with Crippen molar-refractivity contribution < 1.29 is 14.1 Å². The van der Waals surface area contributed by atoms with Crippen molar-refractivity contribution in [3.05, 3.63) is 65.0 Å². The van der Waals surface area contributed by atoms with Gasteiger partial charge in [0.1, 0.15) is 5.76 Å². The number of ether oxygens (including phenoxy) is 1. The van der Waals surface area contributed by atoms with Gasteiger partial charge >= 0.3 is 6.09 Å². The summed E-state index contributed by atoms with van der Waals surface area (Å²) in [6.45, 7) is 7.46. The number of aromatic nitrogens is 1. The molecule has 0 spiro atoms. The molecule has 3 aromatic rings. The molecule has 180 valence electrons. The summed E-state index contributed by atoms with van der Waals surface area (Å²) in [5.41, 5.74) is 6.39. The Morgan fingerprint density at radius 3 is 2.46 bits per heavy atom. The number of nitriles is 1. The second kappa shape index (κ2) is 9.10. The van der Waals surface area contributed by atoms with Crippen molar-refractivity contribution in [3.63, 3.8) is 0 Å². The Labute approximate surface area is 205 Å². The quantitative estimate of drug-likeness (QED) is 0.402. The smallest absolute Gasteiger partial charge is 0.411 e. The Hall–Kier alpha value is -3.79. The summed E-state index contributed by atoms with van der Waals surface area (Å²) in [5, 5.41) is 13.7. The molecule has 0 radical (unpaired) electrons. The maximum atomic E-state index is 12.7. The van der Waals surface area contributed by atoms with Gasteiger partial charge in [-0.1, -0.05) is 29.4 Å². The highest BCUT2D eigenvalue weighted by atomic mass is 16.6. The number of rotatable bonds is 6. The normalized spacial score (nSPS) is 16.1. The molecule has 0 atom stereocenters. The van der Waals surface area contributed by atoms with Crippen LogP contribution in [0.25, 0.3) is 11.1 Å². The lowest BCUT2D eigenvalue weighted by atomic mass is 9.97. The van der Waals surface area contributed by atoms with Gasteiger partial charge in [0.15, 0.2) is 6.73 Å². The zero-order chi connectivity index (χ0) is 24.6. The van der Waals surface area contributed by atoms with E-state index in [1.54, 1.807) is 4.90 Å². The molecule has 1 saturated heterocycles. The van der Waals surface area contributed by atoms with Crippen molar-refractivity contribution in [3.8, 4) is 17.2 Å². The molecular weight excluding hydrogens is 440 g/mol. The molecule has 0 unspecified atom stereocenters. The standard InChI is InChI=1S/C28H30N4O3/c1-19-6-7-22(26-20(2)30-35-21(26)3)16-25(19)32(18-34-27(33)31-14-4-5-15-31)24-10-8-23(9-11-24)28(17-29)12-13-28/h6-11,16H,4-5,12-15,18H2,1-3H3. The average molecular weight is 471 g/mol. The van der Waals surface area contributed by atoms with Gasteiger partial charge in [-0.25, -0.2) is 4.79 Å². The van der Waals surface area contributed by atoms with E-state index in [9.17, 15) is 10.1 Å². The highest BCUT2D eigenvalue weighted by molar-refractivity contribution is 5.77. The summed E-state index contributed by atoms with van der Waals surface area (Å²) >= 11 is 0. The maximum Gasteiger partial charge on any atom is 0.411 e. The van der Waals surface area contributed by atoms with E-state index in [2.05, 4.69) is 29.4 Å². The zero-order valence-electron chi connectivity index (χ0n) is 20.5. The van der Waals surface area contributed by atoms with Gasteiger partial charge in [0.05, 0.1) is 17.2 Å². The molecular formula is C28H30N4O3. The van der Waals surface area contributed by atoms with Crippen molar-refractivity contribution >= 4 is 17.5 Å². The Kier molecular flexibility index (Phi) is 5.98. The lowest BCUT2D eigenvalue weighted by Crippen LogP contribution is -2.32. The molecule has 7 heteroatoms. The van der Waals surface area contributed by atoms with Crippen molar-refractivity contribution in [2.24, 2.45) is 0 Å². The van der Waals surface area contributed by atoms with Gasteiger partial charge in [-0.3, -0.25) is 0 Å². The molecule has 0 N–H and O–H groups in total. The van der Waals surface area contributed by atoms with Crippen molar-refractivity contribution in [1.82, 2.24) is 10.1 Å². The maximum absolute atomic E-state index is 12.7. The lowest BCUT2D eigenvalue weighted by molar-refractivity contribution is 0.113. The molecule has 2 aliphatic rings. The number of hydrogen-bond acceptors (Lipinski definition) is 6. The van der Waals surface area contributed by atoms with Crippen LogP contribution >= 0.6 is 0 Å². The van der Waals surface area contributed by atoms with E-state index in [1.165, 1.54) is 0 Å². The Bertz CT molecular complexity index is 1260. The number of amides is 1. The van der Waals surface area contributed by atoms with E-state index >= 15 is 0 Å². The summed E-state index contributed by atoms with van der Waals surface area (Å²) in [4.78, 5) is 16.5. The molecule has 35 heavy (non-hydrogen) atoms. The third kappa shape index (κ3) is 4.37. The van der Waals surface area contributed by atoms with E-state index in [-0.39, 0.29) is 18.2 Å². The second-order valence-electron chi connectivity index (χ2n) is 9.60. The summed E-state index contributed by atoms with van der Waals surface area (Å²) in [6, 6.07) is 16.7. The minimum atomic E-state index is -0.343. The number of aryl methyl sites for hydroxylation is 3. The predicted octanol–water partition coefficient (Wildman–Crippen LogP) is 6.15. The number of anilines is 2. The van der Waals surface area contributed by atoms with Gasteiger partial charge in [0, 0.05) is 30.0 Å². The highest BCUT2D eigenvalue weighted by Crippen LogP contribution is 2.48. The minimum absolute atomic E-state index is 0.0873. The van der Waals surface area contributed by atoms with E-state index in [1.807, 2.05) is 49.9 Å². The lowest BCUT2D eigenvalue weighted by Gasteiger charge is -2.28. The number of nitrogens with zero attached hydrogens (tertiary/aromatic N) is 4. The molecule has 1 aromatic heterocycles. The van der Waals surface area contributed by atoms with Crippen molar-refractivity contribution in [2.45, 2.75) is 51.9 Å². The van der Waals surface area contributed by atoms with Crippen LogP contribution in [0.3, 0.4) is 0 Å². The zero-order valence-corrected chi connectivity index (χ0v) is 20.5. The number of carbonyl (C=O) groups excluding carboxylic acids is 1. The van der Waals surface area contributed by atoms with E-state index in [0.717, 1.165) is 83.9 Å². The summed E-state index contributed by atoms with van der Waals surface area (Å²) in [5.74, 6) is 0.764. The third-order valence-corrected chi connectivity index (χ3v) is 7.20. The summed E-state index contributed by atoms with van der Waals surface area (Å²) in [6.07, 6.45) is 3.54. The summed E-state index contributed by atoms with van der Waals surface area (Å²) in [7, 11) is 0. The van der Waals surface area contributed by atoms with Crippen LogP contribution in [-0.4, -0.2) is 36.0 Å². The van der Waals surface area contributed by atoms with Gasteiger partial charge in [0.2, 0.25) is 0 Å². The topological polar surface area (TPSA) is 82.6 Å². The van der Waals surface area contributed by atoms with Crippen LogP contribution in [0.5, 0.6) is 0 Å². The first-order valence-corrected chi connectivity index (χ1v) is 12.2. The molecule has 2 fully saturated rings. The van der Waals surface area contributed by atoms with Crippen LogP contribution in [0.2, 0.25) is 0 Å². The van der Waals surface area contributed by atoms with Gasteiger partial charge in [0.25, 0.3) is 0 Å². The van der Waals surface area contributed by atoms with E-state index in [0.29, 0.717) is 0 Å². The number of carbonyl (C=O) groups is 1. The van der Waals surface area contributed by atoms with Crippen LogP contribution in [0.15, 0.2) is 47.0 Å². The van der Waals surface area contributed by atoms with Crippen LogP contribution in [0.4, 0.5) is 16.2 Å².